The van der Waals surface area contributed by atoms with Gasteiger partial charge < -0.3 is 29.7 Å². The van der Waals surface area contributed by atoms with E-state index in [9.17, 15) is 15.0 Å². The summed E-state index contributed by atoms with van der Waals surface area (Å²) in [6, 6.07) is 13.6. The minimum absolute atomic E-state index is 0.0685. The highest BCUT2D eigenvalue weighted by Crippen LogP contribution is 2.58. The van der Waals surface area contributed by atoms with Crippen molar-refractivity contribution in [3.8, 4) is 17.2 Å². The van der Waals surface area contributed by atoms with Gasteiger partial charge in [-0.3, -0.25) is 4.98 Å². The lowest BCUT2D eigenvalue weighted by molar-refractivity contribution is -0.144. The quantitative estimate of drug-likeness (QED) is 0.212. The molecule has 0 amide bonds. The number of anilines is 1. The van der Waals surface area contributed by atoms with Crippen LogP contribution in [0.2, 0.25) is 5.02 Å². The largest absolute Gasteiger partial charge is 0.493 e. The highest BCUT2D eigenvalue weighted by Gasteiger charge is 2.54. The van der Waals surface area contributed by atoms with Gasteiger partial charge in [0.1, 0.15) is 17.4 Å². The van der Waals surface area contributed by atoms with E-state index in [1.165, 1.54) is 28.8 Å². The number of fused-ring (bicyclic) bond motifs is 4. The number of ether oxygens (including phenoxy) is 3. The van der Waals surface area contributed by atoms with Crippen LogP contribution in [-0.2, 0) is 23.1 Å². The van der Waals surface area contributed by atoms with Gasteiger partial charge >= 0.3 is 5.97 Å². The van der Waals surface area contributed by atoms with Crippen LogP contribution in [0, 0.1) is 11.8 Å². The number of aromatic nitrogens is 1. The maximum atomic E-state index is 12.9. The van der Waals surface area contributed by atoms with Crippen molar-refractivity contribution in [2.24, 2.45) is 11.8 Å². The Bertz CT molecular complexity index is 1650. The lowest BCUT2D eigenvalue weighted by Gasteiger charge is -2.47. The molecule has 1 saturated carbocycles. The predicted molar refractivity (Wildman–Crippen MR) is 186 cm³/mol. The molecule has 7 rings (SSSR count). The van der Waals surface area contributed by atoms with Crippen LogP contribution >= 0.6 is 11.6 Å². The number of halogens is 1. The van der Waals surface area contributed by atoms with Crippen molar-refractivity contribution >= 4 is 23.3 Å². The number of aliphatic carboxylic acids is 1. The van der Waals surface area contributed by atoms with E-state index in [1.807, 2.05) is 24.4 Å². The smallest absolute Gasteiger partial charge is 0.329 e. The van der Waals surface area contributed by atoms with Crippen molar-refractivity contribution in [1.29, 1.82) is 0 Å². The van der Waals surface area contributed by atoms with Crippen LogP contribution in [0.15, 0.2) is 48.7 Å². The average molecular weight is 675 g/mol. The van der Waals surface area contributed by atoms with Crippen LogP contribution in [0.3, 0.4) is 0 Å². The van der Waals surface area contributed by atoms with Crippen molar-refractivity contribution in [2.75, 3.05) is 25.1 Å². The standard InChI is InChI=1S/C39H47ClN2O6/c1-24(23-47-33-9-15-41-32-8-3-5-25(2)36(32)33)17-27-18-26-19-34-35(48-30(22-43)10-16-46-34)21-31(26)38(27)11-13-39(14-12-38,37(44)45)42-29-7-4-6-28(40)20-29/h4,6-7,9,15,19-21,24-25,27,30,42-43H,3,5,8,10-14,16-18,22-23H2,1-2H3,(H,44,45)/t24-,25-,27+,30+,38?,39?/m1/s1. The number of carbonyl (C=O) groups is 1. The molecule has 0 radical (unpaired) electrons. The number of nitrogens with zero attached hydrogens (tertiary/aromatic N) is 1. The second kappa shape index (κ2) is 13.4. The SMILES string of the molecule is C[C@@H](COc1ccnc2c1[C@H](C)CCC2)C[C@H]1Cc2cc3c(cc2C12CCC(Nc1cccc(Cl)c1)(C(=O)O)CC2)O[C@H](CO)CCO3. The van der Waals surface area contributed by atoms with Gasteiger partial charge in [-0.2, -0.15) is 0 Å². The molecular formula is C39H47ClN2O6. The number of aliphatic hydroxyl groups excluding tert-OH is 1. The fourth-order valence-corrected chi connectivity index (χ4v) is 9.18. The van der Waals surface area contributed by atoms with E-state index in [4.69, 9.17) is 25.8 Å². The summed E-state index contributed by atoms with van der Waals surface area (Å²) in [4.78, 5) is 17.6. The van der Waals surface area contributed by atoms with Crippen molar-refractivity contribution in [1.82, 2.24) is 4.98 Å². The highest BCUT2D eigenvalue weighted by atomic mass is 35.5. The zero-order valence-corrected chi connectivity index (χ0v) is 28.7. The van der Waals surface area contributed by atoms with Gasteiger partial charge in [-0.15, -0.1) is 0 Å². The monoisotopic (exact) mass is 674 g/mol. The van der Waals surface area contributed by atoms with E-state index in [0.29, 0.717) is 60.8 Å². The molecule has 4 aliphatic rings. The molecule has 3 aromatic rings. The fraction of sp³-hybridized carbons (Fsp3) is 0.538. The molecule has 1 fully saturated rings. The molecule has 2 heterocycles. The highest BCUT2D eigenvalue weighted by molar-refractivity contribution is 6.30. The first kappa shape index (κ1) is 33.0. The topological polar surface area (TPSA) is 110 Å². The van der Waals surface area contributed by atoms with Crippen LogP contribution in [0.25, 0.3) is 0 Å². The first-order chi connectivity index (χ1) is 23.2. The Morgan fingerprint density at radius 2 is 1.98 bits per heavy atom. The third-order valence-corrected chi connectivity index (χ3v) is 11.8. The van der Waals surface area contributed by atoms with Crippen molar-refractivity contribution in [3.05, 3.63) is 76.1 Å². The van der Waals surface area contributed by atoms with Crippen LogP contribution in [-0.4, -0.2) is 52.6 Å². The van der Waals surface area contributed by atoms with Gasteiger partial charge in [-0.1, -0.05) is 31.5 Å². The summed E-state index contributed by atoms with van der Waals surface area (Å²) in [5.41, 5.74) is 4.33. The first-order valence-electron chi connectivity index (χ1n) is 17.6. The summed E-state index contributed by atoms with van der Waals surface area (Å²) in [7, 11) is 0. The molecule has 4 atom stereocenters. The third kappa shape index (κ3) is 6.22. The second-order valence-corrected chi connectivity index (χ2v) is 15.1. The second-order valence-electron chi connectivity index (χ2n) is 14.7. The molecule has 3 aliphatic carbocycles. The molecular weight excluding hydrogens is 628 g/mol. The summed E-state index contributed by atoms with van der Waals surface area (Å²) in [6.45, 7) is 5.58. The van der Waals surface area contributed by atoms with E-state index in [-0.39, 0.29) is 24.0 Å². The molecule has 2 aromatic carbocycles. The van der Waals surface area contributed by atoms with Gasteiger partial charge in [0.05, 0.1) is 19.8 Å². The third-order valence-electron chi connectivity index (χ3n) is 11.5. The Hall–Kier alpha value is -3.49. The van der Waals surface area contributed by atoms with Gasteiger partial charge in [0.25, 0.3) is 0 Å². The van der Waals surface area contributed by atoms with Crippen LogP contribution in [0.1, 0.15) is 93.5 Å². The van der Waals surface area contributed by atoms with Gasteiger partial charge in [-0.05, 0) is 128 Å². The summed E-state index contributed by atoms with van der Waals surface area (Å²) in [5.74, 6) is 2.56. The van der Waals surface area contributed by atoms with Gasteiger partial charge in [0.15, 0.2) is 11.5 Å². The normalized spacial score (nSPS) is 28.2. The van der Waals surface area contributed by atoms with E-state index in [2.05, 4.69) is 36.3 Å². The Balaban J connectivity index is 1.16. The Morgan fingerprint density at radius 1 is 1.15 bits per heavy atom. The van der Waals surface area contributed by atoms with E-state index >= 15 is 0 Å². The van der Waals surface area contributed by atoms with Crippen LogP contribution in [0.5, 0.6) is 17.2 Å². The van der Waals surface area contributed by atoms with E-state index in [1.54, 1.807) is 12.1 Å². The van der Waals surface area contributed by atoms with E-state index < -0.39 is 11.5 Å². The molecule has 48 heavy (non-hydrogen) atoms. The number of hydrogen-bond donors (Lipinski definition) is 3. The van der Waals surface area contributed by atoms with Crippen molar-refractivity contribution < 1.29 is 29.2 Å². The number of rotatable bonds is 9. The number of aryl methyl sites for hydroxylation is 1. The number of carboxylic acid groups (broad SMARTS) is 1. The molecule has 3 N–H and O–H groups in total. The summed E-state index contributed by atoms with van der Waals surface area (Å²) in [5, 5.41) is 24.5. The van der Waals surface area contributed by atoms with Gasteiger partial charge in [0.2, 0.25) is 0 Å². The van der Waals surface area contributed by atoms with Crippen molar-refractivity contribution in [2.45, 2.75) is 101 Å². The minimum Gasteiger partial charge on any atom is -0.493 e. The molecule has 1 spiro atoms. The molecule has 256 valence electrons. The number of hydrogen-bond acceptors (Lipinski definition) is 7. The average Bonchev–Trinajstić information content (AvgIpc) is 3.20. The fourth-order valence-electron chi connectivity index (χ4n) is 8.99. The van der Waals surface area contributed by atoms with E-state index in [0.717, 1.165) is 50.0 Å². The Kier molecular flexibility index (Phi) is 9.24. The summed E-state index contributed by atoms with van der Waals surface area (Å²) >= 11 is 6.27. The molecule has 0 saturated heterocycles. The molecule has 0 unspecified atom stereocenters. The summed E-state index contributed by atoms with van der Waals surface area (Å²) < 4.78 is 19.0. The minimum atomic E-state index is -1.09. The number of aliphatic hydroxyl groups is 1. The van der Waals surface area contributed by atoms with Crippen molar-refractivity contribution in [3.63, 3.8) is 0 Å². The molecule has 1 aliphatic heterocycles. The summed E-state index contributed by atoms with van der Waals surface area (Å²) in [6.07, 6.45) is 9.76. The molecule has 0 bridgehead atoms. The maximum absolute atomic E-state index is 12.9. The zero-order valence-electron chi connectivity index (χ0n) is 28.0. The molecule has 9 heteroatoms. The Labute approximate surface area is 288 Å². The predicted octanol–water partition coefficient (Wildman–Crippen LogP) is 7.72. The lowest BCUT2D eigenvalue weighted by atomic mass is 9.59. The number of pyridine rings is 1. The number of nitrogens with one attached hydrogen (secondary N) is 1. The van der Waals surface area contributed by atoms with Gasteiger partial charge in [-0.25, -0.2) is 4.79 Å². The first-order valence-corrected chi connectivity index (χ1v) is 18.0. The van der Waals surface area contributed by atoms with Crippen LogP contribution in [0.4, 0.5) is 5.69 Å². The zero-order chi connectivity index (χ0) is 33.5. The molecule has 8 nitrogen and oxygen atoms in total. The van der Waals surface area contributed by atoms with Crippen LogP contribution < -0.4 is 19.5 Å². The number of benzene rings is 2. The number of carboxylic acids is 1. The maximum Gasteiger partial charge on any atom is 0.329 e. The van der Waals surface area contributed by atoms with Gasteiger partial charge in [0, 0.05) is 34.6 Å². The lowest BCUT2D eigenvalue weighted by Crippen LogP contribution is -2.53. The Morgan fingerprint density at radius 3 is 2.75 bits per heavy atom. The molecule has 1 aromatic heterocycles.